The number of hydrogen-bond acceptors (Lipinski definition) is 1. The predicted molar refractivity (Wildman–Crippen MR) is 54.3 cm³/mol. The van der Waals surface area contributed by atoms with Crippen molar-refractivity contribution in [3.8, 4) is 0 Å². The van der Waals surface area contributed by atoms with Gasteiger partial charge >= 0.3 is 0 Å². The van der Waals surface area contributed by atoms with E-state index in [1.165, 1.54) is 6.07 Å². The Hall–Kier alpha value is -1.09. The van der Waals surface area contributed by atoms with Crippen molar-refractivity contribution in [3.05, 3.63) is 34.5 Å². The number of halogens is 2. The van der Waals surface area contributed by atoms with Gasteiger partial charge in [-0.1, -0.05) is 18.5 Å². The lowest BCUT2D eigenvalue weighted by Crippen LogP contribution is -1.90. The highest BCUT2D eigenvalue weighted by atomic mass is 35.5. The van der Waals surface area contributed by atoms with E-state index < -0.39 is 5.82 Å². The molecular weight excluding hydrogens is 203 g/mol. The number of aryl methyl sites for hydroxylation is 2. The lowest BCUT2D eigenvalue weighted by atomic mass is 10.3. The molecule has 0 aliphatic heterocycles. The van der Waals surface area contributed by atoms with E-state index in [4.69, 9.17) is 11.6 Å². The Kier molecular flexibility index (Phi) is 2.19. The molecule has 0 atom stereocenters. The van der Waals surface area contributed by atoms with Crippen LogP contribution in [0.1, 0.15) is 18.3 Å². The third-order valence-electron chi connectivity index (χ3n) is 2.34. The quantitative estimate of drug-likeness (QED) is 0.711. The molecule has 14 heavy (non-hydrogen) atoms. The molecule has 0 aromatic carbocycles. The molecule has 0 saturated carbocycles. The van der Waals surface area contributed by atoms with E-state index in [1.54, 1.807) is 6.20 Å². The van der Waals surface area contributed by atoms with Crippen LogP contribution in [0.15, 0.2) is 12.3 Å². The third-order valence-corrected chi connectivity index (χ3v) is 2.61. The molecule has 4 heteroatoms. The smallest absolute Gasteiger partial charge is 0.146 e. The Morgan fingerprint density at radius 1 is 1.57 bits per heavy atom. The highest BCUT2D eigenvalue weighted by Gasteiger charge is 2.09. The minimum Gasteiger partial charge on any atom is -0.302 e. The molecule has 0 N–H and O–H groups in total. The molecule has 2 rings (SSSR count). The van der Waals surface area contributed by atoms with Gasteiger partial charge in [-0.25, -0.2) is 9.37 Å². The van der Waals surface area contributed by atoms with Crippen LogP contribution in [0.5, 0.6) is 0 Å². The van der Waals surface area contributed by atoms with E-state index >= 15 is 0 Å². The van der Waals surface area contributed by atoms with Crippen molar-refractivity contribution >= 4 is 17.2 Å². The molecule has 0 aliphatic rings. The molecule has 74 valence electrons. The molecule has 0 radical (unpaired) electrons. The summed E-state index contributed by atoms with van der Waals surface area (Å²) < 4.78 is 14.9. The predicted octanol–water partition coefficient (Wildman–Crippen LogP) is 3.00. The molecule has 0 unspecified atom stereocenters. The summed E-state index contributed by atoms with van der Waals surface area (Å²) in [7, 11) is 0. The van der Waals surface area contributed by atoms with Crippen LogP contribution in [0.3, 0.4) is 0 Å². The number of rotatable bonds is 1. The second-order valence-corrected chi connectivity index (χ2v) is 3.60. The van der Waals surface area contributed by atoms with Gasteiger partial charge in [0, 0.05) is 18.0 Å². The summed E-state index contributed by atoms with van der Waals surface area (Å²) in [5.74, 6) is -0.424. The third kappa shape index (κ3) is 1.28. The Morgan fingerprint density at radius 3 is 2.93 bits per heavy atom. The molecule has 0 amide bonds. The topological polar surface area (TPSA) is 17.3 Å². The fraction of sp³-hybridized carbons (Fsp3) is 0.300. The lowest BCUT2D eigenvalue weighted by molar-refractivity contribution is 0.626. The first-order valence-electron chi connectivity index (χ1n) is 4.46. The van der Waals surface area contributed by atoms with Gasteiger partial charge in [-0.2, -0.15) is 0 Å². The fourth-order valence-corrected chi connectivity index (χ4v) is 1.69. The molecule has 0 spiro atoms. The molecular formula is C10H10ClFN2. The summed E-state index contributed by atoms with van der Waals surface area (Å²) in [6, 6.07) is 1.36. The van der Waals surface area contributed by atoms with E-state index in [0.29, 0.717) is 5.65 Å². The molecule has 2 heterocycles. The number of nitrogens with zero attached hydrogens (tertiary/aromatic N) is 2. The van der Waals surface area contributed by atoms with Gasteiger partial charge in [-0.3, -0.25) is 0 Å². The molecule has 2 nitrogen and oxygen atoms in total. The summed E-state index contributed by atoms with van der Waals surface area (Å²) >= 11 is 5.69. The van der Waals surface area contributed by atoms with Crippen molar-refractivity contribution in [2.75, 3.05) is 0 Å². The fourth-order valence-electron chi connectivity index (χ4n) is 1.54. The Labute approximate surface area is 86.3 Å². The van der Waals surface area contributed by atoms with Crippen LogP contribution in [0.2, 0.25) is 5.02 Å². The average Bonchev–Trinajstić information content (AvgIpc) is 2.45. The highest BCUT2D eigenvalue weighted by Crippen LogP contribution is 2.19. The van der Waals surface area contributed by atoms with E-state index in [1.807, 2.05) is 18.2 Å². The van der Waals surface area contributed by atoms with Gasteiger partial charge in [0.2, 0.25) is 0 Å². The monoisotopic (exact) mass is 212 g/mol. The maximum absolute atomic E-state index is 13.1. The minimum atomic E-state index is -0.424. The van der Waals surface area contributed by atoms with Crippen molar-refractivity contribution < 1.29 is 4.39 Å². The van der Waals surface area contributed by atoms with Gasteiger partial charge in [0.1, 0.15) is 11.5 Å². The van der Waals surface area contributed by atoms with E-state index in [2.05, 4.69) is 4.98 Å². The van der Waals surface area contributed by atoms with Crippen molar-refractivity contribution in [1.29, 1.82) is 0 Å². The van der Waals surface area contributed by atoms with Gasteiger partial charge in [0.25, 0.3) is 0 Å². The Morgan fingerprint density at radius 2 is 2.29 bits per heavy atom. The molecule has 0 aliphatic carbocycles. The largest absolute Gasteiger partial charge is 0.302 e. The summed E-state index contributed by atoms with van der Waals surface area (Å²) in [6.07, 6.45) is 2.40. The first-order chi connectivity index (χ1) is 6.63. The SMILES string of the molecule is CCc1nc2cc(F)c(Cl)cn2c1C. The Bertz CT molecular complexity index is 490. The van der Waals surface area contributed by atoms with Crippen LogP contribution < -0.4 is 0 Å². The second-order valence-electron chi connectivity index (χ2n) is 3.19. The number of aromatic nitrogens is 2. The van der Waals surface area contributed by atoms with Gasteiger partial charge in [-0.15, -0.1) is 0 Å². The van der Waals surface area contributed by atoms with Crippen LogP contribution in [-0.4, -0.2) is 9.38 Å². The van der Waals surface area contributed by atoms with Crippen LogP contribution >= 0.6 is 11.6 Å². The number of fused-ring (bicyclic) bond motifs is 1. The molecule has 2 aromatic rings. The second kappa shape index (κ2) is 3.24. The summed E-state index contributed by atoms with van der Waals surface area (Å²) in [5, 5.41) is 0.126. The van der Waals surface area contributed by atoms with E-state index in [-0.39, 0.29) is 5.02 Å². The van der Waals surface area contributed by atoms with Gasteiger partial charge in [0.15, 0.2) is 0 Å². The first-order valence-corrected chi connectivity index (χ1v) is 4.84. The summed E-state index contributed by atoms with van der Waals surface area (Å²) in [5.41, 5.74) is 2.61. The van der Waals surface area contributed by atoms with Gasteiger partial charge in [-0.05, 0) is 13.3 Å². The van der Waals surface area contributed by atoms with Crippen LogP contribution in [0.25, 0.3) is 5.65 Å². The van der Waals surface area contributed by atoms with Crippen molar-refractivity contribution in [1.82, 2.24) is 9.38 Å². The average molecular weight is 213 g/mol. The van der Waals surface area contributed by atoms with Gasteiger partial charge in [0.05, 0.1) is 10.7 Å². The maximum atomic E-state index is 13.1. The minimum absolute atomic E-state index is 0.126. The highest BCUT2D eigenvalue weighted by molar-refractivity contribution is 6.30. The van der Waals surface area contributed by atoms with Crippen LogP contribution in [0, 0.1) is 12.7 Å². The molecule has 0 saturated heterocycles. The van der Waals surface area contributed by atoms with E-state index in [9.17, 15) is 4.39 Å². The zero-order valence-electron chi connectivity index (χ0n) is 8.01. The normalized spacial score (nSPS) is 11.1. The number of hydrogen-bond donors (Lipinski definition) is 0. The molecule has 0 bridgehead atoms. The molecule has 0 fully saturated rings. The maximum Gasteiger partial charge on any atom is 0.146 e. The first kappa shape index (κ1) is 9.46. The van der Waals surface area contributed by atoms with Crippen molar-refractivity contribution in [2.24, 2.45) is 0 Å². The lowest BCUT2D eigenvalue weighted by Gasteiger charge is -1.98. The van der Waals surface area contributed by atoms with E-state index in [0.717, 1.165) is 17.8 Å². The summed E-state index contributed by atoms with van der Waals surface area (Å²) in [6.45, 7) is 3.97. The van der Waals surface area contributed by atoms with Crippen LogP contribution in [0.4, 0.5) is 4.39 Å². The molecule has 2 aromatic heterocycles. The zero-order valence-corrected chi connectivity index (χ0v) is 8.77. The summed E-state index contributed by atoms with van der Waals surface area (Å²) in [4.78, 5) is 4.30. The standard InChI is InChI=1S/C10H10ClFN2/c1-3-9-6(2)14-5-7(11)8(12)4-10(14)13-9/h4-5H,3H2,1-2H3. The van der Waals surface area contributed by atoms with Gasteiger partial charge < -0.3 is 4.40 Å². The van der Waals surface area contributed by atoms with Crippen LogP contribution in [-0.2, 0) is 6.42 Å². The van der Waals surface area contributed by atoms with Crippen molar-refractivity contribution in [3.63, 3.8) is 0 Å². The van der Waals surface area contributed by atoms with Crippen molar-refractivity contribution in [2.45, 2.75) is 20.3 Å². The number of pyridine rings is 1. The number of imidazole rings is 1. The Balaban J connectivity index is 2.80. The zero-order chi connectivity index (χ0) is 10.3.